The number of benzene rings is 2. The standard InChI is InChI=1S/C15H15P/c1-12(16)15(13-8-4-2-5-9-13)14-10-6-3-7-11-14/h2-11,15-16H,1H3. The molecule has 0 aliphatic carbocycles. The maximum atomic E-state index is 3.68. The Morgan fingerprint density at radius 3 is 1.50 bits per heavy atom. The predicted octanol–water partition coefficient (Wildman–Crippen LogP) is 4.15. The van der Waals surface area contributed by atoms with Crippen molar-refractivity contribution in [3.63, 3.8) is 0 Å². The Hall–Kier alpha value is -1.39. The minimum Gasteiger partial charge on any atom is -0.122 e. The van der Waals surface area contributed by atoms with Crippen LogP contribution in [0.3, 0.4) is 0 Å². The van der Waals surface area contributed by atoms with E-state index < -0.39 is 0 Å². The van der Waals surface area contributed by atoms with E-state index in [-0.39, 0.29) is 0 Å². The third kappa shape index (κ3) is 2.40. The van der Waals surface area contributed by atoms with Gasteiger partial charge in [-0.25, -0.2) is 0 Å². The SMILES string of the molecule is CC(=P)C(c1ccccc1)c1ccccc1. The van der Waals surface area contributed by atoms with Gasteiger partial charge in [0.05, 0.1) is 0 Å². The van der Waals surface area contributed by atoms with Crippen molar-refractivity contribution in [2.45, 2.75) is 12.8 Å². The molecule has 80 valence electrons. The van der Waals surface area contributed by atoms with Crippen molar-refractivity contribution in [1.29, 1.82) is 0 Å². The van der Waals surface area contributed by atoms with Crippen LogP contribution < -0.4 is 0 Å². The summed E-state index contributed by atoms with van der Waals surface area (Å²) in [6.07, 6.45) is 0. The molecule has 0 fully saturated rings. The van der Waals surface area contributed by atoms with Crippen molar-refractivity contribution in [3.05, 3.63) is 71.8 Å². The zero-order chi connectivity index (χ0) is 11.4. The molecule has 0 spiro atoms. The summed E-state index contributed by atoms with van der Waals surface area (Å²) in [4.78, 5) is 0. The van der Waals surface area contributed by atoms with Gasteiger partial charge in [0, 0.05) is 5.92 Å². The van der Waals surface area contributed by atoms with Crippen LogP contribution in [0.1, 0.15) is 24.0 Å². The van der Waals surface area contributed by atoms with Crippen LogP contribution >= 0.6 is 8.86 Å². The Morgan fingerprint density at radius 1 is 0.812 bits per heavy atom. The summed E-state index contributed by atoms with van der Waals surface area (Å²) in [6, 6.07) is 21.1. The smallest absolute Gasteiger partial charge is 0.0336 e. The highest BCUT2D eigenvalue weighted by Crippen LogP contribution is 2.26. The summed E-state index contributed by atoms with van der Waals surface area (Å²) in [5.41, 5.74) is 2.64. The van der Waals surface area contributed by atoms with Crippen LogP contribution in [-0.2, 0) is 0 Å². The molecule has 0 amide bonds. The van der Waals surface area contributed by atoms with Gasteiger partial charge < -0.3 is 0 Å². The largest absolute Gasteiger partial charge is 0.122 e. The van der Waals surface area contributed by atoms with E-state index in [1.807, 2.05) is 0 Å². The quantitative estimate of drug-likeness (QED) is 0.689. The van der Waals surface area contributed by atoms with E-state index in [1.54, 1.807) is 0 Å². The van der Waals surface area contributed by atoms with Crippen LogP contribution in [-0.4, -0.2) is 5.29 Å². The third-order valence-electron chi connectivity index (χ3n) is 2.70. The van der Waals surface area contributed by atoms with E-state index in [4.69, 9.17) is 0 Å². The second-order valence-electron chi connectivity index (χ2n) is 3.94. The number of hydrogen-bond donors (Lipinski definition) is 0. The second kappa shape index (κ2) is 5.09. The lowest BCUT2D eigenvalue weighted by Crippen LogP contribution is -2.08. The summed E-state index contributed by atoms with van der Waals surface area (Å²) >= 11 is 0. The fourth-order valence-electron chi connectivity index (χ4n) is 1.98. The Morgan fingerprint density at radius 2 is 1.19 bits per heavy atom. The minimum atomic E-state index is 0.332. The van der Waals surface area contributed by atoms with Gasteiger partial charge in [-0.3, -0.25) is 0 Å². The van der Waals surface area contributed by atoms with Gasteiger partial charge in [-0.15, -0.1) is 8.86 Å². The van der Waals surface area contributed by atoms with Gasteiger partial charge in [0.25, 0.3) is 0 Å². The maximum absolute atomic E-state index is 3.68. The van der Waals surface area contributed by atoms with Crippen molar-refractivity contribution >= 4 is 14.2 Å². The molecule has 0 bridgehead atoms. The van der Waals surface area contributed by atoms with Gasteiger partial charge in [-0.05, 0) is 23.3 Å². The van der Waals surface area contributed by atoms with Crippen LogP contribution in [0.15, 0.2) is 60.7 Å². The van der Waals surface area contributed by atoms with Crippen LogP contribution in [0.4, 0.5) is 0 Å². The lowest BCUT2D eigenvalue weighted by molar-refractivity contribution is 1.09. The molecule has 0 aliphatic heterocycles. The topological polar surface area (TPSA) is 0 Å². The minimum absolute atomic E-state index is 0.332. The molecule has 0 heterocycles. The molecule has 0 saturated heterocycles. The molecule has 2 aromatic rings. The van der Waals surface area contributed by atoms with Gasteiger partial charge >= 0.3 is 0 Å². The number of hydrogen-bond acceptors (Lipinski definition) is 0. The molecule has 0 radical (unpaired) electrons. The van der Waals surface area contributed by atoms with Crippen LogP contribution in [0.2, 0.25) is 0 Å². The average molecular weight is 226 g/mol. The second-order valence-corrected chi connectivity index (χ2v) is 4.73. The zero-order valence-corrected chi connectivity index (χ0v) is 10.4. The summed E-state index contributed by atoms with van der Waals surface area (Å²) in [5, 5.41) is 1.23. The normalized spacial score (nSPS) is 10.4. The highest BCUT2D eigenvalue weighted by molar-refractivity contribution is 7.21. The molecule has 0 N–H and O–H groups in total. The van der Waals surface area contributed by atoms with Crippen molar-refractivity contribution < 1.29 is 0 Å². The van der Waals surface area contributed by atoms with Gasteiger partial charge in [0.2, 0.25) is 0 Å². The summed E-state index contributed by atoms with van der Waals surface area (Å²) < 4.78 is 0. The molecule has 0 aromatic heterocycles. The van der Waals surface area contributed by atoms with Crippen LogP contribution in [0, 0.1) is 0 Å². The molecular weight excluding hydrogens is 211 g/mol. The molecular formula is C15H15P. The fraction of sp³-hybridized carbons (Fsp3) is 0.133. The lowest BCUT2D eigenvalue weighted by atomic mass is 9.89. The molecule has 2 rings (SSSR count). The predicted molar refractivity (Wildman–Crippen MR) is 73.7 cm³/mol. The van der Waals surface area contributed by atoms with E-state index in [9.17, 15) is 0 Å². The fourth-order valence-corrected chi connectivity index (χ4v) is 2.32. The molecule has 0 unspecified atom stereocenters. The average Bonchev–Trinajstić information content (AvgIpc) is 2.31. The van der Waals surface area contributed by atoms with Crippen molar-refractivity contribution in [3.8, 4) is 0 Å². The summed E-state index contributed by atoms with van der Waals surface area (Å²) in [5.74, 6) is 0.332. The van der Waals surface area contributed by atoms with Crippen molar-refractivity contribution in [2.75, 3.05) is 0 Å². The first-order chi connectivity index (χ1) is 7.79. The molecule has 2 aromatic carbocycles. The van der Waals surface area contributed by atoms with E-state index in [2.05, 4.69) is 76.5 Å². The maximum Gasteiger partial charge on any atom is 0.0336 e. The Balaban J connectivity index is 2.44. The van der Waals surface area contributed by atoms with Gasteiger partial charge in [0.1, 0.15) is 0 Å². The Kier molecular flexibility index (Phi) is 3.54. The van der Waals surface area contributed by atoms with Crippen LogP contribution in [0.5, 0.6) is 0 Å². The van der Waals surface area contributed by atoms with E-state index >= 15 is 0 Å². The molecule has 1 heteroatoms. The Labute approximate surface area is 99.2 Å². The molecule has 0 aliphatic rings. The highest BCUT2D eigenvalue weighted by atomic mass is 31.0. The molecule has 0 nitrogen and oxygen atoms in total. The summed E-state index contributed by atoms with van der Waals surface area (Å²) in [7, 11) is 3.68. The third-order valence-corrected chi connectivity index (χ3v) is 2.99. The monoisotopic (exact) mass is 226 g/mol. The van der Waals surface area contributed by atoms with Crippen molar-refractivity contribution in [2.24, 2.45) is 0 Å². The first kappa shape index (κ1) is 11.1. The zero-order valence-electron chi connectivity index (χ0n) is 9.35. The first-order valence-corrected chi connectivity index (χ1v) is 5.94. The molecule has 0 atom stereocenters. The van der Waals surface area contributed by atoms with Gasteiger partial charge in [-0.2, -0.15) is 0 Å². The van der Waals surface area contributed by atoms with Crippen molar-refractivity contribution in [1.82, 2.24) is 0 Å². The highest BCUT2D eigenvalue weighted by Gasteiger charge is 2.14. The van der Waals surface area contributed by atoms with Gasteiger partial charge in [-0.1, -0.05) is 60.7 Å². The Bertz CT molecular complexity index is 420. The van der Waals surface area contributed by atoms with Gasteiger partial charge in [0.15, 0.2) is 0 Å². The number of rotatable bonds is 3. The first-order valence-electron chi connectivity index (χ1n) is 5.44. The van der Waals surface area contributed by atoms with Crippen LogP contribution in [0.25, 0.3) is 0 Å². The van der Waals surface area contributed by atoms with E-state index in [0.717, 1.165) is 0 Å². The molecule has 16 heavy (non-hydrogen) atoms. The molecule has 0 saturated carbocycles. The van der Waals surface area contributed by atoms with E-state index in [0.29, 0.717) is 5.92 Å². The van der Waals surface area contributed by atoms with E-state index in [1.165, 1.54) is 16.4 Å². The lowest BCUT2D eigenvalue weighted by Gasteiger charge is -2.17. The summed E-state index contributed by atoms with van der Waals surface area (Å²) in [6.45, 7) is 2.11.